The van der Waals surface area contributed by atoms with Gasteiger partial charge in [-0.1, -0.05) is 42.5 Å². The molecule has 0 spiro atoms. The van der Waals surface area contributed by atoms with Crippen molar-refractivity contribution in [1.29, 1.82) is 0 Å². The number of aromatic nitrogens is 1. The zero-order valence-corrected chi connectivity index (χ0v) is 16.8. The minimum Gasteiger partial charge on any atom is -0.450 e. The van der Waals surface area contributed by atoms with Crippen LogP contribution in [0.4, 0.5) is 16.2 Å². The van der Waals surface area contributed by atoms with Gasteiger partial charge in [-0.15, -0.1) is 0 Å². The highest BCUT2D eigenvalue weighted by atomic mass is 16.5. The van der Waals surface area contributed by atoms with Gasteiger partial charge in [0.2, 0.25) is 0 Å². The number of carbonyl (C=O) groups is 1. The van der Waals surface area contributed by atoms with Gasteiger partial charge in [0, 0.05) is 22.0 Å². The average molecular weight is 401 g/mol. The zero-order chi connectivity index (χ0) is 21.1. The fourth-order valence-electron chi connectivity index (χ4n) is 3.45. The third kappa shape index (κ3) is 4.04. The van der Waals surface area contributed by atoms with E-state index in [0.29, 0.717) is 11.3 Å². The molecule has 6 nitrogen and oxygen atoms in total. The van der Waals surface area contributed by atoms with Crippen LogP contribution in [0.25, 0.3) is 21.8 Å². The molecule has 30 heavy (non-hydrogen) atoms. The molecule has 1 heterocycles. The fourth-order valence-corrected chi connectivity index (χ4v) is 3.45. The van der Waals surface area contributed by atoms with Crippen LogP contribution in [-0.4, -0.2) is 22.8 Å². The van der Waals surface area contributed by atoms with E-state index in [1.54, 1.807) is 31.2 Å². The van der Waals surface area contributed by atoms with Gasteiger partial charge in [0.05, 0.1) is 23.3 Å². The Hall–Kier alpha value is -3.64. The molecule has 1 aromatic heterocycles. The number of nitrogens with one attached hydrogen (secondary N) is 2. The number of hydrogen-bond acceptors (Lipinski definition) is 5. The lowest BCUT2D eigenvalue weighted by molar-refractivity contribution is 0.168. The summed E-state index contributed by atoms with van der Waals surface area (Å²) in [6.45, 7) is 4.06. The van der Waals surface area contributed by atoms with E-state index in [-0.39, 0.29) is 6.61 Å². The molecule has 1 atom stereocenters. The van der Waals surface area contributed by atoms with E-state index < -0.39 is 12.3 Å². The third-order valence-corrected chi connectivity index (χ3v) is 4.84. The van der Waals surface area contributed by atoms with Crippen molar-refractivity contribution in [1.82, 2.24) is 4.98 Å². The van der Waals surface area contributed by atoms with Gasteiger partial charge in [-0.05, 0) is 43.7 Å². The molecule has 0 saturated carbocycles. The molecular formula is C24H23N3O3. The Morgan fingerprint density at radius 1 is 1.03 bits per heavy atom. The van der Waals surface area contributed by atoms with E-state index in [2.05, 4.69) is 10.6 Å². The zero-order valence-electron chi connectivity index (χ0n) is 16.8. The second-order valence-electron chi connectivity index (χ2n) is 7.04. The molecule has 0 bridgehead atoms. The van der Waals surface area contributed by atoms with Crippen molar-refractivity contribution in [2.24, 2.45) is 0 Å². The number of fused-ring (bicyclic) bond motifs is 2. The lowest BCUT2D eigenvalue weighted by Crippen LogP contribution is -2.14. The smallest absolute Gasteiger partial charge is 0.411 e. The number of para-hydroxylation sites is 1. The molecule has 4 rings (SSSR count). The van der Waals surface area contributed by atoms with Crippen LogP contribution in [-0.2, 0) is 4.74 Å². The maximum absolute atomic E-state index is 11.7. The normalized spacial score (nSPS) is 12.0. The molecule has 0 saturated heterocycles. The molecule has 1 unspecified atom stereocenters. The first-order valence-corrected chi connectivity index (χ1v) is 9.82. The molecule has 6 heteroatoms. The second kappa shape index (κ2) is 8.39. The number of aryl methyl sites for hydroxylation is 1. The van der Waals surface area contributed by atoms with Crippen LogP contribution >= 0.6 is 0 Å². The Bertz CT molecular complexity index is 1220. The Balaban J connectivity index is 1.71. The number of aliphatic hydroxyl groups is 1. The van der Waals surface area contributed by atoms with Crippen molar-refractivity contribution in [2.45, 2.75) is 20.1 Å². The van der Waals surface area contributed by atoms with Gasteiger partial charge in [0.1, 0.15) is 0 Å². The molecular weight excluding hydrogens is 378 g/mol. The van der Waals surface area contributed by atoms with Crippen molar-refractivity contribution in [3.8, 4) is 0 Å². The summed E-state index contributed by atoms with van der Waals surface area (Å²) in [4.78, 5) is 16.4. The monoisotopic (exact) mass is 401 g/mol. The Morgan fingerprint density at radius 3 is 2.67 bits per heavy atom. The molecule has 0 fully saturated rings. The Labute approximate surface area is 174 Å². The van der Waals surface area contributed by atoms with Gasteiger partial charge in [-0.3, -0.25) is 5.32 Å². The van der Waals surface area contributed by atoms with Gasteiger partial charge in [0.15, 0.2) is 6.23 Å². The third-order valence-electron chi connectivity index (χ3n) is 4.84. The van der Waals surface area contributed by atoms with Gasteiger partial charge >= 0.3 is 6.09 Å². The molecule has 0 aliphatic heterocycles. The molecule has 0 aliphatic rings. The predicted molar refractivity (Wildman–Crippen MR) is 120 cm³/mol. The highest BCUT2D eigenvalue weighted by Gasteiger charge is 2.14. The Kier molecular flexibility index (Phi) is 5.50. The van der Waals surface area contributed by atoms with E-state index in [9.17, 15) is 9.90 Å². The molecule has 0 radical (unpaired) electrons. The number of hydrogen-bond donors (Lipinski definition) is 3. The number of anilines is 2. The average Bonchev–Trinajstić information content (AvgIpc) is 2.73. The van der Waals surface area contributed by atoms with E-state index in [1.165, 1.54) is 0 Å². The molecule has 152 valence electrons. The molecule has 0 aliphatic carbocycles. The number of rotatable bonds is 5. The van der Waals surface area contributed by atoms with Crippen LogP contribution in [0.1, 0.15) is 24.3 Å². The first-order chi connectivity index (χ1) is 14.5. The van der Waals surface area contributed by atoms with Gasteiger partial charge in [-0.2, -0.15) is 0 Å². The maximum atomic E-state index is 11.7. The summed E-state index contributed by atoms with van der Waals surface area (Å²) < 4.78 is 4.91. The van der Waals surface area contributed by atoms with Crippen molar-refractivity contribution in [2.75, 3.05) is 17.2 Å². The summed E-state index contributed by atoms with van der Waals surface area (Å²) >= 11 is 0. The van der Waals surface area contributed by atoms with Gasteiger partial charge in [0.25, 0.3) is 0 Å². The predicted octanol–water partition coefficient (Wildman–Crippen LogP) is 5.37. The Morgan fingerprint density at radius 2 is 1.83 bits per heavy atom. The summed E-state index contributed by atoms with van der Waals surface area (Å²) in [5.41, 5.74) is 4.81. The van der Waals surface area contributed by atoms with E-state index in [4.69, 9.17) is 9.72 Å². The van der Waals surface area contributed by atoms with Gasteiger partial charge < -0.3 is 15.2 Å². The van der Waals surface area contributed by atoms with E-state index in [1.807, 2.05) is 49.4 Å². The molecule has 1 amide bonds. The summed E-state index contributed by atoms with van der Waals surface area (Å²) in [6.07, 6.45) is -1.51. The van der Waals surface area contributed by atoms with Crippen molar-refractivity contribution >= 4 is 39.3 Å². The maximum Gasteiger partial charge on any atom is 0.411 e. The summed E-state index contributed by atoms with van der Waals surface area (Å²) in [6, 6.07) is 20.9. The SMILES string of the molecule is CCOC(=O)Nc1cccc(C(O)Nc2c3ccccc3nc3cc(C)ccc23)c1. The number of pyridine rings is 1. The fraction of sp³-hybridized carbons (Fsp3) is 0.167. The number of amides is 1. The summed E-state index contributed by atoms with van der Waals surface area (Å²) in [5.74, 6) is 0. The van der Waals surface area contributed by atoms with Crippen LogP contribution < -0.4 is 10.6 Å². The van der Waals surface area contributed by atoms with Crippen LogP contribution in [0.15, 0.2) is 66.7 Å². The lowest BCUT2D eigenvalue weighted by Gasteiger charge is -2.19. The largest absolute Gasteiger partial charge is 0.450 e. The summed E-state index contributed by atoms with van der Waals surface area (Å²) in [7, 11) is 0. The quantitative estimate of drug-likeness (QED) is 0.309. The second-order valence-corrected chi connectivity index (χ2v) is 7.04. The van der Waals surface area contributed by atoms with Gasteiger partial charge in [-0.25, -0.2) is 9.78 Å². The van der Waals surface area contributed by atoms with Crippen LogP contribution in [0, 0.1) is 6.92 Å². The number of carbonyl (C=O) groups excluding carboxylic acids is 1. The topological polar surface area (TPSA) is 83.5 Å². The van der Waals surface area contributed by atoms with Crippen LogP contribution in [0.3, 0.4) is 0 Å². The van der Waals surface area contributed by atoms with Crippen LogP contribution in [0.2, 0.25) is 0 Å². The van der Waals surface area contributed by atoms with E-state index in [0.717, 1.165) is 33.1 Å². The number of nitrogens with zero attached hydrogens (tertiary/aromatic N) is 1. The number of aliphatic hydroxyl groups excluding tert-OH is 1. The highest BCUT2D eigenvalue weighted by Crippen LogP contribution is 2.33. The lowest BCUT2D eigenvalue weighted by atomic mass is 10.1. The molecule has 3 N–H and O–H groups in total. The van der Waals surface area contributed by atoms with Crippen molar-refractivity contribution < 1.29 is 14.6 Å². The van der Waals surface area contributed by atoms with Crippen molar-refractivity contribution in [3.63, 3.8) is 0 Å². The highest BCUT2D eigenvalue weighted by molar-refractivity contribution is 6.07. The minimum atomic E-state index is -0.982. The molecule has 3 aromatic carbocycles. The van der Waals surface area contributed by atoms with Crippen molar-refractivity contribution in [3.05, 3.63) is 77.9 Å². The molecule has 4 aromatic rings. The van der Waals surface area contributed by atoms with E-state index >= 15 is 0 Å². The number of benzene rings is 3. The van der Waals surface area contributed by atoms with Crippen LogP contribution in [0.5, 0.6) is 0 Å². The standard InChI is InChI=1S/C24H23N3O3/c1-3-30-24(29)25-17-8-6-7-16(14-17)23(28)27-22-18-9-4-5-10-20(18)26-21-13-15(2)11-12-19(21)22/h4-14,23,28H,3H2,1-2H3,(H,25,29)(H,26,27). The first-order valence-electron chi connectivity index (χ1n) is 9.82. The number of ether oxygens (including phenoxy) is 1. The first kappa shape index (κ1) is 19.7. The summed E-state index contributed by atoms with van der Waals surface area (Å²) in [5, 5.41) is 18.7. The minimum absolute atomic E-state index is 0.289.